The van der Waals surface area contributed by atoms with Gasteiger partial charge in [-0.15, -0.1) is 0 Å². The smallest absolute Gasteiger partial charge is 0.0747 e. The number of rotatable bonds is 2. The lowest BCUT2D eigenvalue weighted by Crippen LogP contribution is -2.29. The minimum atomic E-state index is 1.07. The van der Waals surface area contributed by atoms with Gasteiger partial charge in [-0.2, -0.15) is 0 Å². The van der Waals surface area contributed by atoms with E-state index < -0.39 is 0 Å². The van der Waals surface area contributed by atoms with Crippen LogP contribution in [0.1, 0.15) is 18.9 Å². The van der Waals surface area contributed by atoms with Gasteiger partial charge < -0.3 is 0 Å². The number of nitrogens with two attached hydrogens (primary N) is 1. The fraction of sp³-hybridized carbons (Fsp3) is 0.200. The van der Waals surface area contributed by atoms with Crippen molar-refractivity contribution >= 4 is 23.1 Å². The molecule has 0 saturated heterocycles. The summed E-state index contributed by atoms with van der Waals surface area (Å²) in [7, 11) is 0. The minimum Gasteiger partial charge on any atom is -0.277 e. The molecule has 92 valence electrons. The van der Waals surface area contributed by atoms with E-state index in [1.165, 1.54) is 21.0 Å². The highest BCUT2D eigenvalue weighted by Gasteiger charge is 2.22. The van der Waals surface area contributed by atoms with Crippen LogP contribution in [-0.2, 0) is 6.42 Å². The first-order valence-corrected chi connectivity index (χ1v) is 7.06. The first-order valence-electron chi connectivity index (χ1n) is 6.25. The molecule has 2 nitrogen and oxygen atoms in total. The van der Waals surface area contributed by atoms with Gasteiger partial charge in [-0.05, 0) is 30.2 Å². The molecule has 1 aliphatic rings. The van der Waals surface area contributed by atoms with Gasteiger partial charge in [0.1, 0.15) is 0 Å². The first kappa shape index (κ1) is 11.6. The molecule has 0 spiro atoms. The highest BCUT2D eigenvalue weighted by Crippen LogP contribution is 2.47. The van der Waals surface area contributed by atoms with Gasteiger partial charge in [0, 0.05) is 9.79 Å². The zero-order valence-corrected chi connectivity index (χ0v) is 11.2. The molecule has 2 aromatic rings. The molecule has 0 amide bonds. The average molecular weight is 256 g/mol. The molecule has 1 heterocycles. The van der Waals surface area contributed by atoms with Gasteiger partial charge in [-0.3, -0.25) is 5.01 Å². The summed E-state index contributed by atoms with van der Waals surface area (Å²) in [4.78, 5) is 2.48. The van der Waals surface area contributed by atoms with E-state index >= 15 is 0 Å². The number of hydrazine groups is 1. The maximum Gasteiger partial charge on any atom is 0.0747 e. The van der Waals surface area contributed by atoms with Gasteiger partial charge in [-0.25, -0.2) is 5.84 Å². The second-order valence-electron chi connectivity index (χ2n) is 4.45. The summed E-state index contributed by atoms with van der Waals surface area (Å²) < 4.78 is 0. The van der Waals surface area contributed by atoms with Gasteiger partial charge in [0.2, 0.25) is 0 Å². The van der Waals surface area contributed by atoms with Crippen LogP contribution in [0.15, 0.2) is 52.3 Å². The largest absolute Gasteiger partial charge is 0.277 e. The molecule has 0 radical (unpaired) electrons. The number of fused-ring (bicyclic) bond motifs is 2. The molecule has 0 aliphatic carbocycles. The minimum absolute atomic E-state index is 1.07. The van der Waals surface area contributed by atoms with E-state index in [-0.39, 0.29) is 0 Å². The Morgan fingerprint density at radius 2 is 1.83 bits per heavy atom. The van der Waals surface area contributed by atoms with Crippen molar-refractivity contribution in [1.82, 2.24) is 0 Å². The number of para-hydroxylation sites is 2. The van der Waals surface area contributed by atoms with Crippen LogP contribution in [0.25, 0.3) is 0 Å². The second kappa shape index (κ2) is 4.67. The molecule has 3 rings (SSSR count). The fourth-order valence-corrected chi connectivity index (χ4v) is 3.50. The fourth-order valence-electron chi connectivity index (χ4n) is 2.38. The van der Waals surface area contributed by atoms with Gasteiger partial charge in [0.25, 0.3) is 0 Å². The summed E-state index contributed by atoms with van der Waals surface area (Å²) in [6.45, 7) is 2.20. The molecule has 0 unspecified atom stereocenters. The van der Waals surface area contributed by atoms with Crippen molar-refractivity contribution < 1.29 is 0 Å². The molecule has 0 fully saturated rings. The van der Waals surface area contributed by atoms with Crippen LogP contribution in [0.4, 0.5) is 11.4 Å². The van der Waals surface area contributed by atoms with Gasteiger partial charge in [0.15, 0.2) is 0 Å². The van der Waals surface area contributed by atoms with Crippen LogP contribution in [0.3, 0.4) is 0 Å². The predicted molar refractivity (Wildman–Crippen MR) is 77.3 cm³/mol. The van der Waals surface area contributed by atoms with E-state index in [0.717, 1.165) is 18.5 Å². The maximum absolute atomic E-state index is 6.31. The van der Waals surface area contributed by atoms with E-state index in [0.29, 0.717) is 0 Å². The van der Waals surface area contributed by atoms with Crippen LogP contribution in [-0.4, -0.2) is 0 Å². The van der Waals surface area contributed by atoms with Crippen LogP contribution in [0.2, 0.25) is 0 Å². The summed E-state index contributed by atoms with van der Waals surface area (Å²) in [5.41, 5.74) is 3.60. The van der Waals surface area contributed by atoms with Crippen molar-refractivity contribution in [3.63, 3.8) is 0 Å². The van der Waals surface area contributed by atoms with E-state index in [9.17, 15) is 0 Å². The van der Waals surface area contributed by atoms with Crippen molar-refractivity contribution in [1.29, 1.82) is 0 Å². The molecule has 1 aliphatic heterocycles. The molecule has 0 aromatic heterocycles. The Morgan fingerprint density at radius 1 is 1.06 bits per heavy atom. The lowest BCUT2D eigenvalue weighted by atomic mass is 10.1. The highest BCUT2D eigenvalue weighted by atomic mass is 32.2. The Kier molecular flexibility index (Phi) is 3.02. The quantitative estimate of drug-likeness (QED) is 0.820. The normalized spacial score (nSPS) is 13.1. The van der Waals surface area contributed by atoms with Crippen LogP contribution in [0, 0.1) is 0 Å². The third-order valence-electron chi connectivity index (χ3n) is 3.19. The zero-order valence-electron chi connectivity index (χ0n) is 10.4. The third-order valence-corrected chi connectivity index (χ3v) is 4.30. The Labute approximate surface area is 112 Å². The van der Waals surface area contributed by atoms with E-state index in [1.54, 1.807) is 11.8 Å². The Morgan fingerprint density at radius 3 is 2.67 bits per heavy atom. The first-order chi connectivity index (χ1) is 8.81. The molecule has 0 bridgehead atoms. The molecule has 2 N–H and O–H groups in total. The monoisotopic (exact) mass is 256 g/mol. The van der Waals surface area contributed by atoms with Crippen LogP contribution >= 0.6 is 11.8 Å². The molecule has 0 saturated carbocycles. The zero-order chi connectivity index (χ0) is 12.5. The number of benzene rings is 2. The predicted octanol–water partition coefficient (Wildman–Crippen LogP) is 4.12. The summed E-state index contributed by atoms with van der Waals surface area (Å²) in [6.07, 6.45) is 2.20. The van der Waals surface area contributed by atoms with E-state index in [1.807, 2.05) is 11.1 Å². The summed E-state index contributed by atoms with van der Waals surface area (Å²) in [5.74, 6) is 6.31. The lowest BCUT2D eigenvalue weighted by Gasteiger charge is -2.30. The van der Waals surface area contributed by atoms with E-state index in [2.05, 4.69) is 43.3 Å². The molecule has 0 atom stereocenters. The lowest BCUT2D eigenvalue weighted by molar-refractivity contribution is 0.898. The van der Waals surface area contributed by atoms with Crippen molar-refractivity contribution in [2.45, 2.75) is 29.6 Å². The van der Waals surface area contributed by atoms with Crippen molar-refractivity contribution in [3.05, 3.63) is 48.0 Å². The summed E-state index contributed by atoms with van der Waals surface area (Å²) in [5, 5.41) is 1.84. The van der Waals surface area contributed by atoms with Crippen molar-refractivity contribution in [3.8, 4) is 0 Å². The number of nitrogens with zero attached hydrogens (tertiary/aromatic N) is 1. The van der Waals surface area contributed by atoms with E-state index in [4.69, 9.17) is 5.84 Å². The Hall–Kier alpha value is -1.45. The standard InChI is InChI=1S/C15H16N2S/c1-2-6-11-7-5-10-14-15(11)17(16)12-8-3-4-9-13(12)18-14/h3-5,7-10H,2,6,16H2,1H3. The van der Waals surface area contributed by atoms with Crippen LogP contribution in [0.5, 0.6) is 0 Å². The Bertz CT molecular complexity index is 580. The summed E-state index contributed by atoms with van der Waals surface area (Å²) >= 11 is 1.80. The highest BCUT2D eigenvalue weighted by molar-refractivity contribution is 7.99. The molecule has 18 heavy (non-hydrogen) atoms. The number of hydrogen-bond donors (Lipinski definition) is 1. The maximum atomic E-state index is 6.31. The van der Waals surface area contributed by atoms with Gasteiger partial charge in [-0.1, -0.05) is 49.4 Å². The van der Waals surface area contributed by atoms with Crippen molar-refractivity contribution in [2.24, 2.45) is 5.84 Å². The number of anilines is 2. The third kappa shape index (κ3) is 1.80. The SMILES string of the molecule is CCCc1cccc2c1N(N)c1ccccc1S2. The van der Waals surface area contributed by atoms with Crippen molar-refractivity contribution in [2.75, 3.05) is 5.01 Å². The number of hydrogen-bond acceptors (Lipinski definition) is 3. The topological polar surface area (TPSA) is 29.3 Å². The Balaban J connectivity index is 2.13. The van der Waals surface area contributed by atoms with Gasteiger partial charge in [0.05, 0.1) is 11.4 Å². The van der Waals surface area contributed by atoms with Crippen LogP contribution < -0.4 is 10.9 Å². The molecular formula is C15H16N2S. The molecular weight excluding hydrogens is 240 g/mol. The molecule has 2 aromatic carbocycles. The average Bonchev–Trinajstić information content (AvgIpc) is 2.39. The van der Waals surface area contributed by atoms with Gasteiger partial charge >= 0.3 is 0 Å². The molecule has 3 heteroatoms. The number of aryl methyl sites for hydroxylation is 1. The summed E-state index contributed by atoms with van der Waals surface area (Å²) in [6, 6.07) is 14.7. The second-order valence-corrected chi connectivity index (χ2v) is 5.54.